The van der Waals surface area contributed by atoms with Gasteiger partial charge in [0.2, 0.25) is 5.91 Å². The van der Waals surface area contributed by atoms with Gasteiger partial charge in [0.1, 0.15) is 6.61 Å². The van der Waals surface area contributed by atoms with Crippen molar-refractivity contribution >= 4 is 17.7 Å². The Morgan fingerprint density at radius 1 is 1.32 bits per heavy atom. The number of thioether (sulfide) groups is 1. The number of amides is 1. The first-order valence-electron chi connectivity index (χ1n) is 7.51. The molecule has 2 aliphatic rings. The molecule has 5 heteroatoms. The average Bonchev–Trinajstić information content (AvgIpc) is 2.85. The van der Waals surface area contributed by atoms with Gasteiger partial charge in [-0.2, -0.15) is 11.8 Å². The lowest BCUT2D eigenvalue weighted by molar-refractivity contribution is -0.128. The quantitative estimate of drug-likeness (QED) is 0.778. The molecule has 4 nitrogen and oxygen atoms in total. The molecule has 0 spiro atoms. The third kappa shape index (κ3) is 5.32. The SMILES string of the molecule is CCSC1CCC(NC(=O)COC2CCNCC2)C1. The standard InChI is InChI=1S/C14H26N2O2S/c1-2-19-13-4-3-11(9-13)16-14(17)10-18-12-5-7-15-8-6-12/h11-13,15H,2-10H2,1H3,(H,16,17). The van der Waals surface area contributed by atoms with E-state index < -0.39 is 0 Å². The minimum absolute atomic E-state index is 0.0608. The Hall–Kier alpha value is -0.260. The molecule has 1 saturated heterocycles. The highest BCUT2D eigenvalue weighted by Gasteiger charge is 2.26. The highest BCUT2D eigenvalue weighted by atomic mass is 32.2. The highest BCUT2D eigenvalue weighted by Crippen LogP contribution is 2.29. The first kappa shape index (κ1) is 15.1. The van der Waals surface area contributed by atoms with Crippen LogP contribution in [0.3, 0.4) is 0 Å². The summed E-state index contributed by atoms with van der Waals surface area (Å²) in [5.41, 5.74) is 0. The topological polar surface area (TPSA) is 50.4 Å². The van der Waals surface area contributed by atoms with Crippen LogP contribution in [0.1, 0.15) is 39.0 Å². The van der Waals surface area contributed by atoms with E-state index in [1.807, 2.05) is 11.8 Å². The van der Waals surface area contributed by atoms with Gasteiger partial charge in [0, 0.05) is 11.3 Å². The minimum atomic E-state index is 0.0608. The van der Waals surface area contributed by atoms with E-state index in [9.17, 15) is 4.79 Å². The van der Waals surface area contributed by atoms with Crippen molar-refractivity contribution in [2.24, 2.45) is 0 Å². The van der Waals surface area contributed by atoms with E-state index in [1.165, 1.54) is 12.2 Å². The first-order valence-corrected chi connectivity index (χ1v) is 8.56. The summed E-state index contributed by atoms with van der Waals surface area (Å²) < 4.78 is 5.67. The Kier molecular flexibility index (Phi) is 6.47. The summed E-state index contributed by atoms with van der Waals surface area (Å²) >= 11 is 2.02. The Morgan fingerprint density at radius 3 is 2.84 bits per heavy atom. The van der Waals surface area contributed by atoms with Crippen LogP contribution < -0.4 is 10.6 Å². The Morgan fingerprint density at radius 2 is 2.11 bits per heavy atom. The fraction of sp³-hybridized carbons (Fsp3) is 0.929. The number of hydrogen-bond donors (Lipinski definition) is 2. The molecule has 2 rings (SSSR count). The van der Waals surface area contributed by atoms with Crippen LogP contribution in [0.2, 0.25) is 0 Å². The summed E-state index contributed by atoms with van der Waals surface area (Å²) in [6, 6.07) is 0.369. The van der Waals surface area contributed by atoms with Gasteiger partial charge in [-0.15, -0.1) is 0 Å². The third-order valence-electron chi connectivity index (χ3n) is 3.89. The molecule has 1 heterocycles. The second kappa shape index (κ2) is 8.12. The van der Waals surface area contributed by atoms with E-state index in [2.05, 4.69) is 17.6 Å². The number of hydrogen-bond acceptors (Lipinski definition) is 4. The molecule has 2 atom stereocenters. The molecule has 1 amide bonds. The fourth-order valence-electron chi connectivity index (χ4n) is 2.88. The van der Waals surface area contributed by atoms with E-state index in [1.54, 1.807) is 0 Å². The van der Waals surface area contributed by atoms with Crippen molar-refractivity contribution in [3.63, 3.8) is 0 Å². The lowest BCUT2D eigenvalue weighted by Crippen LogP contribution is -2.38. The molecule has 110 valence electrons. The molecule has 0 aromatic rings. The summed E-state index contributed by atoms with van der Waals surface area (Å²) in [5.74, 6) is 1.23. The lowest BCUT2D eigenvalue weighted by atomic mass is 10.1. The van der Waals surface area contributed by atoms with Crippen molar-refractivity contribution in [3.05, 3.63) is 0 Å². The Labute approximate surface area is 120 Å². The van der Waals surface area contributed by atoms with E-state index in [0.29, 0.717) is 6.04 Å². The summed E-state index contributed by atoms with van der Waals surface area (Å²) in [5, 5.41) is 7.15. The molecular weight excluding hydrogens is 260 g/mol. The van der Waals surface area contributed by atoms with E-state index in [0.717, 1.165) is 44.0 Å². The monoisotopic (exact) mass is 286 g/mol. The summed E-state index contributed by atoms with van der Waals surface area (Å²) in [7, 11) is 0. The van der Waals surface area contributed by atoms with Crippen LogP contribution in [0.15, 0.2) is 0 Å². The van der Waals surface area contributed by atoms with E-state index in [4.69, 9.17) is 4.74 Å². The number of ether oxygens (including phenoxy) is 1. The molecule has 19 heavy (non-hydrogen) atoms. The maximum absolute atomic E-state index is 11.8. The van der Waals surface area contributed by atoms with E-state index >= 15 is 0 Å². The Bertz CT molecular complexity index is 283. The molecule has 1 aliphatic carbocycles. The number of carbonyl (C=O) groups excluding carboxylic acids is 1. The molecule has 0 radical (unpaired) electrons. The van der Waals surface area contributed by atoms with Crippen LogP contribution in [-0.2, 0) is 9.53 Å². The van der Waals surface area contributed by atoms with Gasteiger partial charge in [-0.05, 0) is 50.9 Å². The number of carbonyl (C=O) groups is 1. The van der Waals surface area contributed by atoms with Crippen molar-refractivity contribution in [2.75, 3.05) is 25.4 Å². The smallest absolute Gasteiger partial charge is 0.246 e. The van der Waals surface area contributed by atoms with Gasteiger partial charge in [-0.3, -0.25) is 4.79 Å². The maximum Gasteiger partial charge on any atom is 0.246 e. The van der Waals surface area contributed by atoms with Crippen molar-refractivity contribution in [2.45, 2.75) is 56.4 Å². The second-order valence-corrected chi connectivity index (χ2v) is 6.99. The van der Waals surface area contributed by atoms with Crippen LogP contribution in [0.25, 0.3) is 0 Å². The molecular formula is C14H26N2O2S. The average molecular weight is 286 g/mol. The van der Waals surface area contributed by atoms with Crippen LogP contribution in [0, 0.1) is 0 Å². The molecule has 0 aromatic carbocycles. The van der Waals surface area contributed by atoms with Gasteiger partial charge in [0.25, 0.3) is 0 Å². The number of piperidine rings is 1. The van der Waals surface area contributed by atoms with Crippen LogP contribution in [0.5, 0.6) is 0 Å². The number of nitrogens with one attached hydrogen (secondary N) is 2. The van der Waals surface area contributed by atoms with Crippen molar-refractivity contribution in [3.8, 4) is 0 Å². The van der Waals surface area contributed by atoms with Crippen molar-refractivity contribution in [1.82, 2.24) is 10.6 Å². The van der Waals surface area contributed by atoms with Gasteiger partial charge in [0.05, 0.1) is 6.10 Å². The molecule has 1 saturated carbocycles. The summed E-state index contributed by atoms with van der Waals surface area (Å²) in [6.45, 7) is 4.44. The minimum Gasteiger partial charge on any atom is -0.368 e. The summed E-state index contributed by atoms with van der Waals surface area (Å²) in [4.78, 5) is 11.8. The number of rotatable bonds is 6. The maximum atomic E-state index is 11.8. The molecule has 2 N–H and O–H groups in total. The lowest BCUT2D eigenvalue weighted by Gasteiger charge is -2.23. The molecule has 2 fully saturated rings. The van der Waals surface area contributed by atoms with Gasteiger partial charge in [-0.25, -0.2) is 0 Å². The Balaban J connectivity index is 1.59. The highest BCUT2D eigenvalue weighted by molar-refractivity contribution is 7.99. The third-order valence-corrected chi connectivity index (χ3v) is 5.12. The van der Waals surface area contributed by atoms with E-state index in [-0.39, 0.29) is 18.6 Å². The van der Waals surface area contributed by atoms with Crippen molar-refractivity contribution in [1.29, 1.82) is 0 Å². The van der Waals surface area contributed by atoms with Crippen LogP contribution in [-0.4, -0.2) is 48.8 Å². The van der Waals surface area contributed by atoms with Crippen LogP contribution in [0.4, 0.5) is 0 Å². The van der Waals surface area contributed by atoms with Gasteiger partial charge in [0.15, 0.2) is 0 Å². The zero-order chi connectivity index (χ0) is 13.5. The second-order valence-electron chi connectivity index (χ2n) is 5.42. The van der Waals surface area contributed by atoms with Crippen LogP contribution >= 0.6 is 11.8 Å². The molecule has 0 aromatic heterocycles. The van der Waals surface area contributed by atoms with Gasteiger partial charge >= 0.3 is 0 Å². The molecule has 1 aliphatic heterocycles. The predicted octanol–water partition coefficient (Wildman–Crippen LogP) is 1.55. The fourth-order valence-corrected chi connectivity index (χ4v) is 4.03. The van der Waals surface area contributed by atoms with Gasteiger partial charge < -0.3 is 15.4 Å². The normalized spacial score (nSPS) is 28.5. The van der Waals surface area contributed by atoms with Crippen molar-refractivity contribution < 1.29 is 9.53 Å². The molecule has 2 unspecified atom stereocenters. The predicted molar refractivity (Wildman–Crippen MR) is 79.5 cm³/mol. The zero-order valence-corrected chi connectivity index (χ0v) is 12.6. The molecule has 0 bridgehead atoms. The first-order chi connectivity index (χ1) is 9.28. The summed E-state index contributed by atoms with van der Waals surface area (Å²) in [6.07, 6.45) is 5.78. The zero-order valence-electron chi connectivity index (χ0n) is 11.8. The van der Waals surface area contributed by atoms with Gasteiger partial charge in [-0.1, -0.05) is 6.92 Å². The largest absolute Gasteiger partial charge is 0.368 e.